The lowest BCUT2D eigenvalue weighted by Gasteiger charge is -2.08. The normalized spacial score (nSPS) is 10.3. The highest BCUT2D eigenvalue weighted by Crippen LogP contribution is 2.09. The molecule has 1 aromatic heterocycles. The lowest BCUT2D eigenvalue weighted by molar-refractivity contribution is 0.0936. The van der Waals surface area contributed by atoms with E-state index in [9.17, 15) is 4.79 Å². The molecule has 0 spiro atoms. The summed E-state index contributed by atoms with van der Waals surface area (Å²) in [7, 11) is 1.59. The van der Waals surface area contributed by atoms with Crippen LogP contribution in [-0.2, 0) is 11.3 Å². The number of carbonyl (C=O) groups excluding carboxylic acids is 1. The summed E-state index contributed by atoms with van der Waals surface area (Å²) in [6.45, 7) is 3.64. The van der Waals surface area contributed by atoms with Gasteiger partial charge < -0.3 is 15.4 Å². The Bertz CT molecular complexity index is 614. The van der Waals surface area contributed by atoms with Crippen molar-refractivity contribution < 1.29 is 9.53 Å². The van der Waals surface area contributed by atoms with E-state index in [1.54, 1.807) is 7.11 Å². The molecule has 2 rings (SSSR count). The third-order valence-electron chi connectivity index (χ3n) is 3.20. The summed E-state index contributed by atoms with van der Waals surface area (Å²) in [5.74, 6) is 0.291. The number of nitrogens with one attached hydrogen (secondary N) is 2. The van der Waals surface area contributed by atoms with Gasteiger partial charge in [0, 0.05) is 32.6 Å². The average Bonchev–Trinajstić information content (AvgIpc) is 2.55. The summed E-state index contributed by atoms with van der Waals surface area (Å²) in [5.41, 5.74) is 2.83. The molecular formula is C16H20N4O2. The number of methoxy groups -OCH3 is 1. The van der Waals surface area contributed by atoms with Crippen LogP contribution in [0.25, 0.3) is 0 Å². The second kappa shape index (κ2) is 8.09. The van der Waals surface area contributed by atoms with Gasteiger partial charge in [-0.1, -0.05) is 24.3 Å². The van der Waals surface area contributed by atoms with Crippen LogP contribution in [0.5, 0.6) is 0 Å². The van der Waals surface area contributed by atoms with Crippen LogP contribution in [0.4, 0.5) is 5.95 Å². The molecule has 2 aromatic rings. The van der Waals surface area contributed by atoms with E-state index < -0.39 is 0 Å². The van der Waals surface area contributed by atoms with Crippen LogP contribution in [0.1, 0.15) is 21.5 Å². The molecule has 22 heavy (non-hydrogen) atoms. The highest BCUT2D eigenvalue weighted by atomic mass is 16.5. The SMILES string of the molecule is COCCNC(=O)c1cnc(NCc2ccccc2C)nc1. The van der Waals surface area contributed by atoms with Crippen molar-refractivity contribution in [1.29, 1.82) is 0 Å². The smallest absolute Gasteiger partial charge is 0.254 e. The summed E-state index contributed by atoms with van der Waals surface area (Å²) in [4.78, 5) is 20.1. The zero-order valence-corrected chi connectivity index (χ0v) is 12.8. The summed E-state index contributed by atoms with van der Waals surface area (Å²) in [6.07, 6.45) is 3.02. The van der Waals surface area contributed by atoms with Gasteiger partial charge in [-0.3, -0.25) is 4.79 Å². The predicted molar refractivity (Wildman–Crippen MR) is 84.7 cm³/mol. The third kappa shape index (κ3) is 4.53. The molecular weight excluding hydrogens is 280 g/mol. The number of hydrogen-bond donors (Lipinski definition) is 2. The minimum absolute atomic E-state index is 0.206. The number of hydrogen-bond acceptors (Lipinski definition) is 5. The highest BCUT2D eigenvalue weighted by Gasteiger charge is 2.06. The van der Waals surface area contributed by atoms with Gasteiger partial charge in [-0.15, -0.1) is 0 Å². The first-order chi connectivity index (χ1) is 10.7. The number of carbonyl (C=O) groups is 1. The van der Waals surface area contributed by atoms with Gasteiger partial charge in [0.2, 0.25) is 5.95 Å². The Morgan fingerprint density at radius 2 is 1.95 bits per heavy atom. The van der Waals surface area contributed by atoms with E-state index in [1.807, 2.05) is 12.1 Å². The van der Waals surface area contributed by atoms with Crippen molar-refractivity contribution in [2.45, 2.75) is 13.5 Å². The molecule has 0 atom stereocenters. The second-order valence-electron chi connectivity index (χ2n) is 4.82. The fraction of sp³-hybridized carbons (Fsp3) is 0.312. The van der Waals surface area contributed by atoms with Gasteiger partial charge in [0.15, 0.2) is 0 Å². The number of nitrogens with zero attached hydrogens (tertiary/aromatic N) is 2. The van der Waals surface area contributed by atoms with Crippen molar-refractivity contribution >= 4 is 11.9 Å². The van der Waals surface area contributed by atoms with Crippen molar-refractivity contribution in [1.82, 2.24) is 15.3 Å². The maximum Gasteiger partial charge on any atom is 0.254 e. The van der Waals surface area contributed by atoms with Crippen molar-refractivity contribution in [2.24, 2.45) is 0 Å². The molecule has 1 amide bonds. The van der Waals surface area contributed by atoms with Gasteiger partial charge in [0.25, 0.3) is 5.91 Å². The zero-order valence-electron chi connectivity index (χ0n) is 12.8. The van der Waals surface area contributed by atoms with E-state index >= 15 is 0 Å². The van der Waals surface area contributed by atoms with Crippen LogP contribution in [0.2, 0.25) is 0 Å². The fourth-order valence-electron chi connectivity index (χ4n) is 1.89. The first-order valence-corrected chi connectivity index (χ1v) is 7.08. The van der Waals surface area contributed by atoms with Crippen molar-refractivity contribution in [3.8, 4) is 0 Å². The molecule has 0 bridgehead atoms. The third-order valence-corrected chi connectivity index (χ3v) is 3.20. The van der Waals surface area contributed by atoms with Crippen LogP contribution in [0.3, 0.4) is 0 Å². The van der Waals surface area contributed by atoms with Crippen LogP contribution < -0.4 is 10.6 Å². The largest absolute Gasteiger partial charge is 0.383 e. The summed E-state index contributed by atoms with van der Waals surface area (Å²) in [5, 5.41) is 5.87. The maximum atomic E-state index is 11.8. The lowest BCUT2D eigenvalue weighted by Crippen LogP contribution is -2.27. The topological polar surface area (TPSA) is 76.1 Å². The van der Waals surface area contributed by atoms with Crippen molar-refractivity contribution in [2.75, 3.05) is 25.6 Å². The number of aryl methyl sites for hydroxylation is 1. The molecule has 6 heteroatoms. The van der Waals surface area contributed by atoms with E-state index in [1.165, 1.54) is 23.5 Å². The maximum absolute atomic E-state index is 11.8. The number of aromatic nitrogens is 2. The second-order valence-corrected chi connectivity index (χ2v) is 4.82. The van der Waals surface area contributed by atoms with Gasteiger partial charge in [-0.05, 0) is 18.1 Å². The van der Waals surface area contributed by atoms with Crippen LogP contribution in [0.15, 0.2) is 36.7 Å². The van der Waals surface area contributed by atoms with Gasteiger partial charge in [0.05, 0.1) is 12.2 Å². The van der Waals surface area contributed by atoms with Gasteiger partial charge in [-0.25, -0.2) is 9.97 Å². The van der Waals surface area contributed by atoms with Gasteiger partial charge >= 0.3 is 0 Å². The standard InChI is InChI=1S/C16H20N4O2/c1-12-5-3-4-6-13(12)9-18-16-19-10-14(11-20-16)15(21)17-7-8-22-2/h3-6,10-11H,7-9H2,1-2H3,(H,17,21)(H,18,19,20). The summed E-state index contributed by atoms with van der Waals surface area (Å²) < 4.78 is 4.87. The molecule has 2 N–H and O–H groups in total. The minimum Gasteiger partial charge on any atom is -0.383 e. The van der Waals surface area contributed by atoms with E-state index in [2.05, 4.69) is 39.7 Å². The number of amides is 1. The van der Waals surface area contributed by atoms with Gasteiger partial charge in [0.1, 0.15) is 0 Å². The van der Waals surface area contributed by atoms with E-state index in [0.717, 1.165) is 0 Å². The van der Waals surface area contributed by atoms with Crippen molar-refractivity contribution in [3.63, 3.8) is 0 Å². The fourth-order valence-corrected chi connectivity index (χ4v) is 1.89. The Morgan fingerprint density at radius 1 is 1.23 bits per heavy atom. The van der Waals surface area contributed by atoms with Crippen LogP contribution in [-0.4, -0.2) is 36.1 Å². The van der Waals surface area contributed by atoms with Crippen molar-refractivity contribution in [3.05, 3.63) is 53.3 Å². The lowest BCUT2D eigenvalue weighted by atomic mass is 10.1. The number of ether oxygens (including phenoxy) is 1. The number of rotatable bonds is 7. The Kier molecular flexibility index (Phi) is 5.85. The molecule has 0 saturated heterocycles. The molecule has 0 saturated carbocycles. The average molecular weight is 300 g/mol. The predicted octanol–water partition coefficient (Wildman–Crippen LogP) is 1.77. The molecule has 116 valence electrons. The summed E-state index contributed by atoms with van der Waals surface area (Å²) in [6, 6.07) is 8.12. The molecule has 0 radical (unpaired) electrons. The Hall–Kier alpha value is -2.47. The Morgan fingerprint density at radius 3 is 2.64 bits per heavy atom. The number of benzene rings is 1. The molecule has 1 aromatic carbocycles. The van der Waals surface area contributed by atoms with Crippen LogP contribution in [0, 0.1) is 6.92 Å². The molecule has 0 unspecified atom stereocenters. The van der Waals surface area contributed by atoms with Crippen LogP contribution >= 0.6 is 0 Å². The van der Waals surface area contributed by atoms with Gasteiger partial charge in [-0.2, -0.15) is 0 Å². The Labute approximate surface area is 129 Å². The van der Waals surface area contributed by atoms with E-state index in [-0.39, 0.29) is 5.91 Å². The van der Waals surface area contributed by atoms with E-state index in [0.29, 0.717) is 31.2 Å². The Balaban J connectivity index is 1.89. The molecule has 1 heterocycles. The zero-order chi connectivity index (χ0) is 15.8. The first kappa shape index (κ1) is 15.9. The highest BCUT2D eigenvalue weighted by molar-refractivity contribution is 5.93. The van der Waals surface area contributed by atoms with E-state index in [4.69, 9.17) is 4.74 Å². The quantitative estimate of drug-likeness (QED) is 0.762. The number of anilines is 1. The molecule has 0 aliphatic rings. The molecule has 6 nitrogen and oxygen atoms in total. The molecule has 0 aliphatic heterocycles. The first-order valence-electron chi connectivity index (χ1n) is 7.08. The molecule has 0 fully saturated rings. The summed E-state index contributed by atoms with van der Waals surface area (Å²) >= 11 is 0. The molecule has 0 aliphatic carbocycles. The minimum atomic E-state index is -0.206. The monoisotopic (exact) mass is 300 g/mol.